The molecule has 2 rings (SSSR count). The zero-order chi connectivity index (χ0) is 60.1. The van der Waals surface area contributed by atoms with Gasteiger partial charge in [0.05, 0.1) is 26.4 Å². The van der Waals surface area contributed by atoms with Crippen molar-refractivity contribution in [2.75, 3.05) is 33.0 Å². The molecule has 2 saturated heterocycles. The number of hydrogen-bond donors (Lipinski definition) is 7. The Hall–Kier alpha value is -3.61. The van der Waals surface area contributed by atoms with Crippen LogP contribution in [0.2, 0.25) is 0 Å². The third-order valence-corrected chi connectivity index (χ3v) is 14.5. The van der Waals surface area contributed by atoms with E-state index in [9.17, 15) is 40.5 Å². The van der Waals surface area contributed by atoms with Crippen molar-refractivity contribution in [2.24, 2.45) is 0 Å². The molecule has 2 aliphatic rings. The molecule has 14 heteroatoms. The van der Waals surface area contributed by atoms with Gasteiger partial charge < -0.3 is 64.2 Å². The molecule has 83 heavy (non-hydrogen) atoms. The molecule has 0 amide bonds. The van der Waals surface area contributed by atoms with Crippen LogP contribution in [0.5, 0.6) is 0 Å². The second-order valence-corrected chi connectivity index (χ2v) is 21.8. The van der Waals surface area contributed by atoms with Crippen LogP contribution in [0.4, 0.5) is 0 Å². The van der Waals surface area contributed by atoms with Crippen molar-refractivity contribution in [1.29, 1.82) is 0 Å². The minimum Gasteiger partial charge on any atom is -0.457 e. The van der Waals surface area contributed by atoms with Crippen LogP contribution in [0.25, 0.3) is 0 Å². The van der Waals surface area contributed by atoms with E-state index < -0.39 is 86.7 Å². The molecule has 0 aromatic heterocycles. The maximum Gasteiger partial charge on any atom is 0.306 e. The van der Waals surface area contributed by atoms with Gasteiger partial charge in [0.15, 0.2) is 12.6 Å². The summed E-state index contributed by atoms with van der Waals surface area (Å²) in [6.45, 7) is 3.48. The van der Waals surface area contributed by atoms with Crippen LogP contribution in [0.3, 0.4) is 0 Å². The second kappa shape index (κ2) is 53.8. The lowest BCUT2D eigenvalue weighted by Gasteiger charge is -2.42. The Kier molecular flexibility index (Phi) is 49.0. The first-order valence-electron chi connectivity index (χ1n) is 32.1. The molecule has 0 saturated carbocycles. The molecule has 0 aromatic rings. The Balaban J connectivity index is 1.71. The first-order chi connectivity index (χ1) is 40.6. The molecule has 11 unspecified atom stereocenters. The smallest absolute Gasteiger partial charge is 0.306 e. The van der Waals surface area contributed by atoms with Gasteiger partial charge in [-0.2, -0.15) is 0 Å². The number of rotatable bonds is 51. The van der Waals surface area contributed by atoms with Crippen molar-refractivity contribution < 1.29 is 69.0 Å². The Labute approximate surface area is 501 Å². The second-order valence-electron chi connectivity index (χ2n) is 21.8. The van der Waals surface area contributed by atoms with Crippen molar-refractivity contribution in [3.8, 4) is 0 Å². The number of hydrogen-bond acceptors (Lipinski definition) is 14. The molecular weight excluding hydrogens is 1050 g/mol. The summed E-state index contributed by atoms with van der Waals surface area (Å²) >= 11 is 0. The minimum atomic E-state index is -1.72. The molecule has 0 aliphatic carbocycles. The Bertz CT molecular complexity index is 1830. The Morgan fingerprint density at radius 3 is 1.23 bits per heavy atom. The zero-order valence-electron chi connectivity index (χ0n) is 51.1. The molecule has 2 fully saturated rings. The van der Waals surface area contributed by atoms with E-state index in [-0.39, 0.29) is 19.6 Å². The molecule has 2 heterocycles. The molecule has 0 aromatic carbocycles. The first kappa shape index (κ1) is 75.5. The SMILES string of the molecule is CC/C=C\C/C=C\C/C=C\C/C=C\C/C=C\C/C=C\C/C=C\CCCCCCOCC(COC1OC(COC2OC(CO)C(O)C(O)C2O)C(O)C(O)C1O)OC(=O)CCCCCCCCCC/C=C\C/C=C\C/C=C\CCCCCCC. The van der Waals surface area contributed by atoms with E-state index in [2.05, 4.69) is 135 Å². The van der Waals surface area contributed by atoms with Gasteiger partial charge in [0, 0.05) is 13.0 Å². The summed E-state index contributed by atoms with van der Waals surface area (Å²) in [7, 11) is 0. The van der Waals surface area contributed by atoms with Gasteiger partial charge in [0.2, 0.25) is 0 Å². The van der Waals surface area contributed by atoms with Crippen LogP contribution in [0.1, 0.15) is 206 Å². The van der Waals surface area contributed by atoms with E-state index in [1.807, 2.05) is 0 Å². The van der Waals surface area contributed by atoms with Crippen LogP contribution in [0.15, 0.2) is 122 Å². The fourth-order valence-electron chi connectivity index (χ4n) is 9.33. The fourth-order valence-corrected chi connectivity index (χ4v) is 9.33. The average Bonchev–Trinajstić information content (AvgIpc) is 3.69. The van der Waals surface area contributed by atoms with E-state index in [0.717, 1.165) is 116 Å². The van der Waals surface area contributed by atoms with Gasteiger partial charge in [-0.15, -0.1) is 0 Å². The number of carbonyl (C=O) groups is 1. The number of aliphatic hydroxyl groups excluding tert-OH is 7. The van der Waals surface area contributed by atoms with Crippen LogP contribution in [-0.2, 0) is 33.2 Å². The summed E-state index contributed by atoms with van der Waals surface area (Å²) in [4.78, 5) is 13.1. The zero-order valence-corrected chi connectivity index (χ0v) is 51.1. The lowest BCUT2D eigenvalue weighted by molar-refractivity contribution is -0.332. The third-order valence-electron chi connectivity index (χ3n) is 14.5. The van der Waals surface area contributed by atoms with Gasteiger partial charge in [-0.25, -0.2) is 0 Å². The fraction of sp³-hybridized carbons (Fsp3) is 0.696. The van der Waals surface area contributed by atoms with Crippen LogP contribution >= 0.6 is 0 Å². The molecule has 2 aliphatic heterocycles. The Morgan fingerprint density at radius 1 is 0.410 bits per heavy atom. The first-order valence-corrected chi connectivity index (χ1v) is 32.1. The quantitative estimate of drug-likeness (QED) is 0.0172. The molecular formula is C69H114O14. The third kappa shape index (κ3) is 39.7. The molecule has 0 spiro atoms. The van der Waals surface area contributed by atoms with Gasteiger partial charge in [-0.1, -0.05) is 212 Å². The van der Waals surface area contributed by atoms with E-state index in [1.54, 1.807) is 0 Å². The topological polar surface area (TPSA) is 214 Å². The Morgan fingerprint density at radius 2 is 0.783 bits per heavy atom. The van der Waals surface area contributed by atoms with E-state index in [4.69, 9.17) is 28.4 Å². The summed E-state index contributed by atoms with van der Waals surface area (Å²) < 4.78 is 34.4. The number of unbranched alkanes of at least 4 members (excludes halogenated alkanes) is 17. The molecule has 0 radical (unpaired) electrons. The van der Waals surface area contributed by atoms with Crippen molar-refractivity contribution in [1.82, 2.24) is 0 Å². The highest BCUT2D eigenvalue weighted by Crippen LogP contribution is 2.27. The minimum absolute atomic E-state index is 0.0325. The lowest BCUT2D eigenvalue weighted by Crippen LogP contribution is -2.61. The van der Waals surface area contributed by atoms with Gasteiger partial charge >= 0.3 is 5.97 Å². The van der Waals surface area contributed by atoms with Gasteiger partial charge in [-0.3, -0.25) is 4.79 Å². The van der Waals surface area contributed by atoms with Gasteiger partial charge in [0.25, 0.3) is 0 Å². The summed E-state index contributed by atoms with van der Waals surface area (Å²) in [5, 5.41) is 72.5. The number of aliphatic hydroxyl groups is 7. The monoisotopic (exact) mass is 1170 g/mol. The van der Waals surface area contributed by atoms with Crippen molar-refractivity contribution in [2.45, 2.75) is 274 Å². The van der Waals surface area contributed by atoms with Crippen molar-refractivity contribution >= 4 is 5.97 Å². The predicted molar refractivity (Wildman–Crippen MR) is 334 cm³/mol. The summed E-state index contributed by atoms with van der Waals surface area (Å²) in [6, 6.07) is 0. The standard InChI is InChI=1S/C69H114O14/c1-3-5-7-9-11-13-15-17-19-21-23-25-27-28-29-31-33-35-37-39-41-43-45-47-49-51-53-78-55-58(56-79-68-67(77)65(75)63(73)60(83-68)57-80-69-66(76)64(74)62(72)59(54-70)82-69)81-61(71)52-50-48-46-44-42-40-38-36-34-32-30-26-24-22-20-18-16-14-12-10-8-6-4-2/h5,7,11,13,16-19,22-25,28-30,32-33,35,39,41,58-60,62-70,72-77H,3-4,6,8-10,12,14-15,20-21,26-27,31,34,36-38,40,42-57H2,1-2H3/b7-5-,13-11-,18-16-,19-17-,24-22-,25-23-,29-28-,32-30-,35-33-,41-39-. The summed E-state index contributed by atoms with van der Waals surface area (Å²) in [6.07, 6.45) is 59.7. The molecule has 7 N–H and O–H groups in total. The number of carbonyl (C=O) groups excluding carboxylic acids is 1. The van der Waals surface area contributed by atoms with Crippen LogP contribution in [-0.4, -0.2) is 142 Å². The maximum atomic E-state index is 13.1. The molecule has 474 valence electrons. The highest BCUT2D eigenvalue weighted by molar-refractivity contribution is 5.69. The van der Waals surface area contributed by atoms with Crippen LogP contribution in [0, 0.1) is 0 Å². The van der Waals surface area contributed by atoms with Gasteiger partial charge in [-0.05, 0) is 109 Å². The normalized spacial score (nSPS) is 24.3. The molecule has 11 atom stereocenters. The van der Waals surface area contributed by atoms with Gasteiger partial charge in [0.1, 0.15) is 54.9 Å². The van der Waals surface area contributed by atoms with Crippen molar-refractivity contribution in [3.63, 3.8) is 0 Å². The predicted octanol–water partition coefficient (Wildman–Crippen LogP) is 12.9. The van der Waals surface area contributed by atoms with Crippen molar-refractivity contribution in [3.05, 3.63) is 122 Å². The van der Waals surface area contributed by atoms with Crippen LogP contribution < -0.4 is 0 Å². The number of ether oxygens (including phenoxy) is 6. The summed E-state index contributed by atoms with van der Waals surface area (Å²) in [5.41, 5.74) is 0. The largest absolute Gasteiger partial charge is 0.457 e. The maximum absolute atomic E-state index is 13.1. The van der Waals surface area contributed by atoms with E-state index in [0.29, 0.717) is 13.0 Å². The number of esters is 1. The summed E-state index contributed by atoms with van der Waals surface area (Å²) in [5.74, 6) is -0.397. The molecule has 0 bridgehead atoms. The average molecular weight is 1170 g/mol. The highest BCUT2D eigenvalue weighted by Gasteiger charge is 2.47. The number of allylic oxidation sites excluding steroid dienone is 20. The van der Waals surface area contributed by atoms with E-state index in [1.165, 1.54) is 64.2 Å². The lowest BCUT2D eigenvalue weighted by atomic mass is 9.98. The molecule has 14 nitrogen and oxygen atoms in total. The van der Waals surface area contributed by atoms with E-state index >= 15 is 0 Å². The highest BCUT2D eigenvalue weighted by atomic mass is 16.7.